The molecule has 2 heterocycles. The minimum atomic E-state index is -0.627. The zero-order valence-corrected chi connectivity index (χ0v) is 7.82. The van der Waals surface area contributed by atoms with Crippen molar-refractivity contribution in [1.29, 1.82) is 0 Å². The van der Waals surface area contributed by atoms with Gasteiger partial charge in [-0.1, -0.05) is 6.58 Å². The fourth-order valence-electron chi connectivity index (χ4n) is 1.79. The van der Waals surface area contributed by atoms with E-state index in [-0.39, 0.29) is 12.0 Å². The average Bonchev–Trinajstić information content (AvgIpc) is 2.47. The second-order valence-electron chi connectivity index (χ2n) is 3.77. The summed E-state index contributed by atoms with van der Waals surface area (Å²) in [6.45, 7) is 7.74. The van der Waals surface area contributed by atoms with E-state index >= 15 is 0 Å². The molecule has 2 fully saturated rings. The first-order chi connectivity index (χ1) is 6.03. The van der Waals surface area contributed by atoms with E-state index in [1.54, 1.807) is 0 Å². The van der Waals surface area contributed by atoms with Crippen molar-refractivity contribution in [2.45, 2.75) is 31.8 Å². The summed E-state index contributed by atoms with van der Waals surface area (Å²) in [5, 5.41) is 0. The number of amides is 1. The summed E-state index contributed by atoms with van der Waals surface area (Å²) in [4.78, 5) is 13.1. The highest BCUT2D eigenvalue weighted by atomic mass is 16.8. The Labute approximate surface area is 77.1 Å². The lowest BCUT2D eigenvalue weighted by Gasteiger charge is -2.20. The third-order valence-electron chi connectivity index (χ3n) is 2.31. The molecule has 0 aromatic carbocycles. The Morgan fingerprint density at radius 2 is 2.31 bits per heavy atom. The van der Waals surface area contributed by atoms with Crippen LogP contribution in [-0.2, 0) is 14.3 Å². The van der Waals surface area contributed by atoms with Gasteiger partial charge in [-0.05, 0) is 20.0 Å². The first kappa shape index (κ1) is 8.72. The Morgan fingerprint density at radius 1 is 1.62 bits per heavy atom. The Balaban J connectivity index is 2.16. The summed E-state index contributed by atoms with van der Waals surface area (Å²) >= 11 is 0. The molecule has 1 unspecified atom stereocenters. The van der Waals surface area contributed by atoms with E-state index in [2.05, 4.69) is 6.58 Å². The van der Waals surface area contributed by atoms with Crippen molar-refractivity contribution >= 4 is 5.91 Å². The summed E-state index contributed by atoms with van der Waals surface area (Å²) < 4.78 is 11.0. The van der Waals surface area contributed by atoms with E-state index in [9.17, 15) is 4.79 Å². The molecule has 2 saturated heterocycles. The van der Waals surface area contributed by atoms with Gasteiger partial charge in [0.05, 0.1) is 6.54 Å². The van der Waals surface area contributed by atoms with Crippen molar-refractivity contribution in [1.82, 2.24) is 4.90 Å². The highest BCUT2D eigenvalue weighted by molar-refractivity contribution is 5.85. The Hall–Kier alpha value is -0.870. The number of carbonyl (C=O) groups excluding carboxylic acids is 1. The van der Waals surface area contributed by atoms with Crippen LogP contribution in [0.3, 0.4) is 0 Å². The Morgan fingerprint density at radius 3 is 2.85 bits per heavy atom. The third kappa shape index (κ3) is 1.26. The summed E-state index contributed by atoms with van der Waals surface area (Å²) in [5.41, 5.74) is 0. The highest BCUT2D eigenvalue weighted by Crippen LogP contribution is 2.33. The molecular formula is C9H13NO3. The topological polar surface area (TPSA) is 38.8 Å². The van der Waals surface area contributed by atoms with Crippen LogP contribution < -0.4 is 0 Å². The molecule has 0 radical (unpaired) electrons. The van der Waals surface area contributed by atoms with Crippen LogP contribution in [0.1, 0.15) is 13.8 Å². The van der Waals surface area contributed by atoms with E-state index in [1.807, 2.05) is 13.8 Å². The molecular weight excluding hydrogens is 170 g/mol. The Kier molecular flexibility index (Phi) is 1.72. The van der Waals surface area contributed by atoms with Gasteiger partial charge >= 0.3 is 0 Å². The molecule has 2 aliphatic rings. The van der Waals surface area contributed by atoms with Gasteiger partial charge in [0.1, 0.15) is 6.10 Å². The maximum Gasteiger partial charge on any atom is 0.258 e. The van der Waals surface area contributed by atoms with Crippen LogP contribution in [0.4, 0.5) is 0 Å². The lowest BCUT2D eigenvalue weighted by Crippen LogP contribution is -2.31. The van der Waals surface area contributed by atoms with Gasteiger partial charge < -0.3 is 14.4 Å². The fraction of sp³-hybridized carbons (Fsp3) is 0.667. The van der Waals surface area contributed by atoms with E-state index in [1.165, 1.54) is 11.1 Å². The van der Waals surface area contributed by atoms with Gasteiger partial charge in [0.2, 0.25) is 0 Å². The molecule has 72 valence electrons. The van der Waals surface area contributed by atoms with Crippen LogP contribution in [0, 0.1) is 0 Å². The number of rotatable bonds is 1. The number of hydrogen-bond donors (Lipinski definition) is 0. The molecule has 4 heteroatoms. The minimum Gasteiger partial charge on any atom is -0.342 e. The van der Waals surface area contributed by atoms with Gasteiger partial charge in [0.25, 0.3) is 5.91 Å². The van der Waals surface area contributed by atoms with E-state index < -0.39 is 11.9 Å². The van der Waals surface area contributed by atoms with Crippen LogP contribution >= 0.6 is 0 Å². The summed E-state index contributed by atoms with van der Waals surface area (Å²) in [7, 11) is 0. The molecule has 13 heavy (non-hydrogen) atoms. The van der Waals surface area contributed by atoms with Gasteiger partial charge in [-0.3, -0.25) is 4.79 Å². The van der Waals surface area contributed by atoms with Gasteiger partial charge in [-0.15, -0.1) is 0 Å². The molecule has 4 nitrogen and oxygen atoms in total. The number of carbonyl (C=O) groups is 1. The second kappa shape index (κ2) is 2.56. The summed E-state index contributed by atoms with van der Waals surface area (Å²) in [6.07, 6.45) is 0.939. The van der Waals surface area contributed by atoms with Crippen LogP contribution in [0.15, 0.2) is 12.8 Å². The molecule has 0 aromatic heterocycles. The van der Waals surface area contributed by atoms with Crippen LogP contribution in [0.5, 0.6) is 0 Å². The Bertz CT molecular complexity index is 262. The predicted molar refractivity (Wildman–Crippen MR) is 45.7 cm³/mol. The van der Waals surface area contributed by atoms with Crippen molar-refractivity contribution in [3.8, 4) is 0 Å². The number of likely N-dealkylation sites (tertiary alicyclic amines) is 1. The van der Waals surface area contributed by atoms with Crippen molar-refractivity contribution in [2.75, 3.05) is 6.54 Å². The van der Waals surface area contributed by atoms with Crippen molar-refractivity contribution in [3.05, 3.63) is 12.8 Å². The molecule has 0 aliphatic carbocycles. The van der Waals surface area contributed by atoms with E-state index in [4.69, 9.17) is 9.47 Å². The standard InChI is InChI=1S/C9H13NO3/c1-4-10-5-6-7(8(10)11)13-9(2,3)12-6/h4,6-7H,1,5H2,2-3H3/t6-,7?/m1/s1. The zero-order chi connectivity index (χ0) is 9.64. The van der Waals surface area contributed by atoms with Crippen LogP contribution in [0.25, 0.3) is 0 Å². The van der Waals surface area contributed by atoms with Crippen LogP contribution in [-0.4, -0.2) is 35.3 Å². The summed E-state index contributed by atoms with van der Waals surface area (Å²) in [6, 6.07) is 0. The fourth-order valence-corrected chi connectivity index (χ4v) is 1.79. The largest absolute Gasteiger partial charge is 0.342 e. The summed E-state index contributed by atoms with van der Waals surface area (Å²) in [5.74, 6) is -0.677. The number of fused-ring (bicyclic) bond motifs is 1. The first-order valence-corrected chi connectivity index (χ1v) is 4.32. The van der Waals surface area contributed by atoms with Gasteiger partial charge in [0.15, 0.2) is 11.9 Å². The molecule has 2 aliphatic heterocycles. The molecule has 0 aromatic rings. The zero-order valence-electron chi connectivity index (χ0n) is 7.82. The smallest absolute Gasteiger partial charge is 0.258 e. The number of ether oxygens (including phenoxy) is 2. The van der Waals surface area contributed by atoms with E-state index in [0.29, 0.717) is 6.54 Å². The first-order valence-electron chi connectivity index (χ1n) is 4.32. The molecule has 0 saturated carbocycles. The second-order valence-corrected chi connectivity index (χ2v) is 3.77. The van der Waals surface area contributed by atoms with Crippen molar-refractivity contribution < 1.29 is 14.3 Å². The molecule has 1 amide bonds. The molecule has 0 spiro atoms. The highest BCUT2D eigenvalue weighted by Gasteiger charge is 2.51. The van der Waals surface area contributed by atoms with Gasteiger partial charge in [-0.25, -0.2) is 0 Å². The van der Waals surface area contributed by atoms with Crippen molar-refractivity contribution in [2.24, 2.45) is 0 Å². The van der Waals surface area contributed by atoms with Crippen LogP contribution in [0.2, 0.25) is 0 Å². The predicted octanol–water partition coefficient (Wildman–Crippen LogP) is 0.492. The number of hydrogen-bond acceptors (Lipinski definition) is 3. The van der Waals surface area contributed by atoms with Gasteiger partial charge in [-0.2, -0.15) is 0 Å². The monoisotopic (exact) mass is 183 g/mol. The quantitative estimate of drug-likeness (QED) is 0.594. The SMILES string of the molecule is C=CN1C[C@H]2OC(C)(C)OC2C1=O. The lowest BCUT2D eigenvalue weighted by atomic mass is 10.3. The third-order valence-corrected chi connectivity index (χ3v) is 2.31. The lowest BCUT2D eigenvalue weighted by molar-refractivity contribution is -0.166. The molecule has 2 atom stereocenters. The maximum absolute atomic E-state index is 11.6. The van der Waals surface area contributed by atoms with Gasteiger partial charge in [0, 0.05) is 0 Å². The molecule has 0 bridgehead atoms. The average molecular weight is 183 g/mol. The minimum absolute atomic E-state index is 0.0504. The normalized spacial score (nSPS) is 36.5. The van der Waals surface area contributed by atoms with E-state index in [0.717, 1.165) is 0 Å². The molecule has 2 rings (SSSR count). The maximum atomic E-state index is 11.6. The molecule has 0 N–H and O–H groups in total. The van der Waals surface area contributed by atoms with Crippen molar-refractivity contribution in [3.63, 3.8) is 0 Å². The number of nitrogens with zero attached hydrogens (tertiary/aromatic N) is 1.